The minimum absolute atomic E-state index is 0.279. The molecule has 2 fully saturated rings. The van der Waals surface area contributed by atoms with Gasteiger partial charge in [-0.1, -0.05) is 6.42 Å². The molecule has 2 rings (SSSR count). The number of nitrogens with zero attached hydrogens (tertiary/aromatic N) is 1. The molecule has 3 heteroatoms. The van der Waals surface area contributed by atoms with Crippen molar-refractivity contribution in [1.82, 2.24) is 4.90 Å². The molecule has 1 aliphatic heterocycles. The van der Waals surface area contributed by atoms with Crippen molar-refractivity contribution in [1.29, 1.82) is 0 Å². The minimum Gasteiger partial charge on any atom is -0.298 e. The minimum atomic E-state index is 0.279. The lowest BCUT2D eigenvalue weighted by molar-refractivity contribution is -0.125. The van der Waals surface area contributed by atoms with Crippen LogP contribution in [0.15, 0.2) is 0 Å². The molecule has 2 atom stereocenters. The predicted octanol–water partition coefficient (Wildman–Crippen LogP) is 1.94. The molecular formula is C11H19NOS. The Morgan fingerprint density at radius 2 is 2.21 bits per heavy atom. The lowest BCUT2D eigenvalue weighted by atomic mass is 9.93. The Morgan fingerprint density at radius 3 is 2.86 bits per heavy atom. The monoisotopic (exact) mass is 213 g/mol. The lowest BCUT2D eigenvalue weighted by Crippen LogP contribution is -2.41. The summed E-state index contributed by atoms with van der Waals surface area (Å²) in [4.78, 5) is 14.1. The molecule has 0 aromatic carbocycles. The normalized spacial score (nSPS) is 35.1. The van der Waals surface area contributed by atoms with Crippen LogP contribution in [0.2, 0.25) is 0 Å². The van der Waals surface area contributed by atoms with Gasteiger partial charge in [-0.15, -0.1) is 0 Å². The first-order chi connectivity index (χ1) is 6.81. The average Bonchev–Trinajstić information content (AvgIpc) is 2.67. The summed E-state index contributed by atoms with van der Waals surface area (Å²) in [5.74, 6) is 0.498. The van der Waals surface area contributed by atoms with E-state index in [1.54, 1.807) is 0 Å². The van der Waals surface area contributed by atoms with Crippen molar-refractivity contribution < 1.29 is 4.79 Å². The van der Waals surface area contributed by atoms with E-state index in [2.05, 4.69) is 11.2 Å². The molecule has 2 aliphatic rings. The van der Waals surface area contributed by atoms with Gasteiger partial charge >= 0.3 is 0 Å². The SMILES string of the molecule is CSC1CCN(C2CCCCC2=O)C1. The number of Topliss-reactive ketones (excluding diaryl/α,β-unsaturated/α-hetero) is 1. The molecule has 1 saturated heterocycles. The molecule has 2 nitrogen and oxygen atoms in total. The third kappa shape index (κ3) is 2.14. The maximum atomic E-state index is 11.7. The molecule has 2 unspecified atom stereocenters. The van der Waals surface area contributed by atoms with Gasteiger partial charge in [0.15, 0.2) is 0 Å². The largest absolute Gasteiger partial charge is 0.298 e. The van der Waals surface area contributed by atoms with E-state index in [0.717, 1.165) is 37.6 Å². The van der Waals surface area contributed by atoms with Crippen LogP contribution in [0.5, 0.6) is 0 Å². The highest BCUT2D eigenvalue weighted by molar-refractivity contribution is 7.99. The highest BCUT2D eigenvalue weighted by Crippen LogP contribution is 2.27. The Hall–Kier alpha value is -0.0200. The Morgan fingerprint density at radius 1 is 1.36 bits per heavy atom. The van der Waals surface area contributed by atoms with Crippen molar-refractivity contribution in [2.45, 2.75) is 43.4 Å². The van der Waals surface area contributed by atoms with Crippen LogP contribution in [0, 0.1) is 0 Å². The number of ketones is 1. The quantitative estimate of drug-likeness (QED) is 0.699. The van der Waals surface area contributed by atoms with Gasteiger partial charge in [0.2, 0.25) is 0 Å². The molecule has 0 amide bonds. The Labute approximate surface area is 90.4 Å². The fraction of sp³-hybridized carbons (Fsp3) is 0.909. The van der Waals surface area contributed by atoms with Crippen LogP contribution in [0.4, 0.5) is 0 Å². The van der Waals surface area contributed by atoms with Crippen LogP contribution in [0.3, 0.4) is 0 Å². The molecule has 1 aliphatic carbocycles. The van der Waals surface area contributed by atoms with Crippen molar-refractivity contribution in [3.05, 3.63) is 0 Å². The highest BCUT2D eigenvalue weighted by Gasteiger charge is 2.32. The van der Waals surface area contributed by atoms with E-state index in [0.29, 0.717) is 5.78 Å². The Balaban J connectivity index is 1.91. The summed E-state index contributed by atoms with van der Waals surface area (Å²) in [5.41, 5.74) is 0. The molecule has 1 heterocycles. The molecular weight excluding hydrogens is 194 g/mol. The first kappa shape index (κ1) is 10.5. The van der Waals surface area contributed by atoms with Gasteiger partial charge in [0.1, 0.15) is 5.78 Å². The zero-order valence-electron chi connectivity index (χ0n) is 8.87. The number of thioether (sulfide) groups is 1. The van der Waals surface area contributed by atoms with E-state index in [1.165, 1.54) is 12.8 Å². The second-order valence-corrected chi connectivity index (χ2v) is 5.51. The summed E-state index contributed by atoms with van der Waals surface area (Å²) in [6.07, 6.45) is 7.75. The predicted molar refractivity (Wildman–Crippen MR) is 60.8 cm³/mol. The summed E-state index contributed by atoms with van der Waals surface area (Å²) in [5, 5.41) is 0.768. The smallest absolute Gasteiger partial charge is 0.149 e. The molecule has 0 aromatic rings. The van der Waals surface area contributed by atoms with Crippen LogP contribution < -0.4 is 0 Å². The van der Waals surface area contributed by atoms with Crippen molar-refractivity contribution in [2.24, 2.45) is 0 Å². The second kappa shape index (κ2) is 4.67. The molecule has 0 N–H and O–H groups in total. The van der Waals surface area contributed by atoms with Gasteiger partial charge < -0.3 is 0 Å². The van der Waals surface area contributed by atoms with Gasteiger partial charge in [-0.3, -0.25) is 9.69 Å². The highest BCUT2D eigenvalue weighted by atomic mass is 32.2. The van der Waals surface area contributed by atoms with Gasteiger partial charge in [-0.25, -0.2) is 0 Å². The summed E-state index contributed by atoms with van der Waals surface area (Å²) >= 11 is 1.95. The maximum Gasteiger partial charge on any atom is 0.149 e. The van der Waals surface area contributed by atoms with Gasteiger partial charge in [0.05, 0.1) is 6.04 Å². The van der Waals surface area contributed by atoms with Crippen LogP contribution in [-0.4, -0.2) is 41.3 Å². The van der Waals surface area contributed by atoms with E-state index in [4.69, 9.17) is 0 Å². The van der Waals surface area contributed by atoms with E-state index < -0.39 is 0 Å². The third-order valence-corrected chi connectivity index (χ3v) is 4.52. The fourth-order valence-electron chi connectivity index (χ4n) is 2.58. The average molecular weight is 213 g/mol. The Bertz CT molecular complexity index is 219. The second-order valence-electron chi connectivity index (χ2n) is 4.37. The molecule has 80 valence electrons. The van der Waals surface area contributed by atoms with Gasteiger partial charge in [-0.2, -0.15) is 11.8 Å². The van der Waals surface area contributed by atoms with Gasteiger partial charge in [0.25, 0.3) is 0 Å². The zero-order valence-corrected chi connectivity index (χ0v) is 9.68. The number of hydrogen-bond donors (Lipinski definition) is 0. The first-order valence-corrected chi connectivity index (χ1v) is 6.89. The molecule has 0 bridgehead atoms. The van der Waals surface area contributed by atoms with E-state index in [1.807, 2.05) is 11.8 Å². The van der Waals surface area contributed by atoms with Crippen LogP contribution in [0.1, 0.15) is 32.1 Å². The summed E-state index contributed by atoms with van der Waals surface area (Å²) in [6, 6.07) is 0.279. The Kier molecular flexibility index (Phi) is 3.50. The van der Waals surface area contributed by atoms with Crippen molar-refractivity contribution in [3.8, 4) is 0 Å². The summed E-state index contributed by atoms with van der Waals surface area (Å²) in [7, 11) is 0. The van der Waals surface area contributed by atoms with Gasteiger partial charge in [0, 0.05) is 24.8 Å². The number of hydrogen-bond acceptors (Lipinski definition) is 3. The third-order valence-electron chi connectivity index (χ3n) is 3.47. The van der Waals surface area contributed by atoms with Crippen molar-refractivity contribution >= 4 is 17.5 Å². The van der Waals surface area contributed by atoms with Crippen LogP contribution in [-0.2, 0) is 4.79 Å². The van der Waals surface area contributed by atoms with E-state index in [9.17, 15) is 4.79 Å². The van der Waals surface area contributed by atoms with Crippen LogP contribution >= 0.6 is 11.8 Å². The summed E-state index contributed by atoms with van der Waals surface area (Å²) in [6.45, 7) is 2.28. The van der Waals surface area contributed by atoms with E-state index in [-0.39, 0.29) is 6.04 Å². The number of rotatable bonds is 2. The lowest BCUT2D eigenvalue weighted by Gasteiger charge is -2.29. The van der Waals surface area contributed by atoms with E-state index >= 15 is 0 Å². The zero-order chi connectivity index (χ0) is 9.97. The number of likely N-dealkylation sites (tertiary alicyclic amines) is 1. The number of carbonyl (C=O) groups is 1. The molecule has 0 spiro atoms. The van der Waals surface area contributed by atoms with Crippen molar-refractivity contribution in [3.63, 3.8) is 0 Å². The first-order valence-electron chi connectivity index (χ1n) is 5.61. The molecule has 14 heavy (non-hydrogen) atoms. The maximum absolute atomic E-state index is 11.7. The summed E-state index contributed by atoms with van der Waals surface area (Å²) < 4.78 is 0. The van der Waals surface area contributed by atoms with Gasteiger partial charge in [-0.05, 0) is 25.5 Å². The number of carbonyl (C=O) groups excluding carboxylic acids is 1. The van der Waals surface area contributed by atoms with Crippen LogP contribution in [0.25, 0.3) is 0 Å². The van der Waals surface area contributed by atoms with Crippen molar-refractivity contribution in [2.75, 3.05) is 19.3 Å². The topological polar surface area (TPSA) is 20.3 Å². The standard InChI is InChI=1S/C11H19NOS/c1-14-9-6-7-12(8-9)10-4-2-3-5-11(10)13/h9-10H,2-8H2,1H3. The molecule has 0 aromatic heterocycles. The fourth-order valence-corrected chi connectivity index (χ4v) is 3.26. The molecule has 1 saturated carbocycles. The molecule has 0 radical (unpaired) electrons.